The fourth-order valence-electron chi connectivity index (χ4n) is 1.11. The summed E-state index contributed by atoms with van der Waals surface area (Å²) in [7, 11) is 0. The van der Waals surface area contributed by atoms with Crippen molar-refractivity contribution in [1.29, 1.82) is 0 Å². The van der Waals surface area contributed by atoms with Crippen LogP contribution in [0.15, 0.2) is 26.4 Å². The number of hydrogen-bond donors (Lipinski definition) is 1. The maximum Gasteiger partial charge on any atom is 0.334 e. The van der Waals surface area contributed by atoms with E-state index in [4.69, 9.17) is 11.6 Å². The Morgan fingerprint density at radius 1 is 1.47 bits per heavy atom. The molecule has 0 atom stereocenters. The van der Waals surface area contributed by atoms with Gasteiger partial charge < -0.3 is 0 Å². The van der Waals surface area contributed by atoms with Crippen molar-refractivity contribution in [3.8, 4) is 5.69 Å². The quantitative estimate of drug-likeness (QED) is 0.773. The van der Waals surface area contributed by atoms with Gasteiger partial charge >= 0.3 is 5.69 Å². The van der Waals surface area contributed by atoms with E-state index in [-0.39, 0.29) is 0 Å². The van der Waals surface area contributed by atoms with E-state index >= 15 is 0 Å². The van der Waals surface area contributed by atoms with Crippen molar-refractivity contribution in [2.24, 2.45) is 0 Å². The molecule has 0 saturated carbocycles. The highest BCUT2D eigenvalue weighted by atomic mass is 35.5. The number of aromatic amines is 1. The van der Waals surface area contributed by atoms with Crippen LogP contribution in [-0.4, -0.2) is 9.55 Å². The minimum absolute atomic E-state index is 0.321. The van der Waals surface area contributed by atoms with E-state index in [1.165, 1.54) is 17.4 Å². The molecule has 0 aliphatic rings. The van der Waals surface area contributed by atoms with Gasteiger partial charge in [0, 0.05) is 5.38 Å². The Hall–Kier alpha value is -1.40. The molecule has 2 aromatic rings. The molecule has 0 fully saturated rings. The molecule has 1 N–H and O–H groups in total. The lowest BCUT2D eigenvalue weighted by Crippen LogP contribution is -2.35. The lowest BCUT2D eigenvalue weighted by Gasteiger charge is -2.01. The minimum atomic E-state index is -1.16. The van der Waals surface area contributed by atoms with Crippen LogP contribution >= 0.6 is 22.9 Å². The third-order valence-corrected chi connectivity index (χ3v) is 2.70. The van der Waals surface area contributed by atoms with Crippen molar-refractivity contribution in [1.82, 2.24) is 9.55 Å². The number of rotatable bonds is 1. The van der Waals surface area contributed by atoms with Gasteiger partial charge in [-0.05, 0) is 11.4 Å². The normalized spacial score (nSPS) is 10.5. The van der Waals surface area contributed by atoms with Crippen LogP contribution in [0.2, 0.25) is 5.15 Å². The fourth-order valence-corrected chi connectivity index (χ4v) is 1.89. The van der Waals surface area contributed by atoms with Crippen LogP contribution in [0.4, 0.5) is 4.39 Å². The molecular weight excluding hydrogens is 243 g/mol. The van der Waals surface area contributed by atoms with E-state index in [9.17, 15) is 14.0 Å². The van der Waals surface area contributed by atoms with Crippen LogP contribution in [0.25, 0.3) is 5.69 Å². The number of halogens is 2. The largest absolute Gasteiger partial charge is 0.334 e. The smallest absolute Gasteiger partial charge is 0.295 e. The van der Waals surface area contributed by atoms with Crippen molar-refractivity contribution >= 4 is 22.9 Å². The van der Waals surface area contributed by atoms with Crippen molar-refractivity contribution in [2.45, 2.75) is 0 Å². The van der Waals surface area contributed by atoms with Gasteiger partial charge in [0.15, 0.2) is 5.15 Å². The molecule has 0 unspecified atom stereocenters. The van der Waals surface area contributed by atoms with Crippen LogP contribution in [-0.2, 0) is 0 Å². The molecule has 2 heterocycles. The second kappa shape index (κ2) is 3.63. The zero-order valence-corrected chi connectivity index (χ0v) is 8.73. The number of nitrogens with zero attached hydrogens (tertiary/aromatic N) is 1. The van der Waals surface area contributed by atoms with Crippen LogP contribution in [0, 0.1) is 5.82 Å². The number of aromatic nitrogens is 2. The summed E-state index contributed by atoms with van der Waals surface area (Å²) in [6.45, 7) is 0. The summed E-state index contributed by atoms with van der Waals surface area (Å²) in [5.74, 6) is -1.16. The Morgan fingerprint density at radius 3 is 2.80 bits per heavy atom. The molecule has 15 heavy (non-hydrogen) atoms. The Kier molecular flexibility index (Phi) is 2.45. The number of H-pyrrole nitrogens is 1. The lowest BCUT2D eigenvalue weighted by molar-refractivity contribution is 0.584. The second-order valence-electron chi connectivity index (χ2n) is 2.68. The first-order chi connectivity index (χ1) is 7.11. The molecule has 2 aromatic heterocycles. The summed E-state index contributed by atoms with van der Waals surface area (Å²) in [6, 6.07) is 1.54. The number of hydrogen-bond acceptors (Lipinski definition) is 3. The summed E-state index contributed by atoms with van der Waals surface area (Å²) in [4.78, 5) is 24.8. The number of nitrogens with one attached hydrogen (secondary N) is 1. The Labute approximate surface area is 91.6 Å². The molecule has 0 radical (unpaired) electrons. The van der Waals surface area contributed by atoms with Crippen molar-refractivity contribution in [3.05, 3.63) is 48.6 Å². The van der Waals surface area contributed by atoms with Crippen LogP contribution in [0.3, 0.4) is 0 Å². The van der Waals surface area contributed by atoms with Gasteiger partial charge in [0.1, 0.15) is 0 Å². The van der Waals surface area contributed by atoms with E-state index in [0.717, 1.165) is 0 Å². The van der Waals surface area contributed by atoms with Gasteiger partial charge in [-0.15, -0.1) is 0 Å². The molecule has 7 heteroatoms. The molecular formula is C8H4ClFN2O2S. The molecule has 78 valence electrons. The molecule has 0 saturated heterocycles. The Balaban J connectivity index is 2.85. The summed E-state index contributed by atoms with van der Waals surface area (Å²) >= 11 is 6.61. The van der Waals surface area contributed by atoms with Gasteiger partial charge in [-0.3, -0.25) is 9.78 Å². The molecule has 0 bridgehead atoms. The highest BCUT2D eigenvalue weighted by Crippen LogP contribution is 2.09. The number of thiophene rings is 1. The first-order valence-corrected chi connectivity index (χ1v) is 5.16. The van der Waals surface area contributed by atoms with Crippen LogP contribution in [0.5, 0.6) is 0 Å². The average molecular weight is 247 g/mol. The van der Waals surface area contributed by atoms with Crippen LogP contribution in [0.1, 0.15) is 0 Å². The first-order valence-electron chi connectivity index (χ1n) is 3.84. The lowest BCUT2D eigenvalue weighted by atomic mass is 10.5. The van der Waals surface area contributed by atoms with E-state index in [1.54, 1.807) is 10.8 Å². The van der Waals surface area contributed by atoms with Gasteiger partial charge in [-0.2, -0.15) is 15.7 Å². The SMILES string of the molecule is O=c1[nH]c(Cl)c(F)c(=O)n1-c1ccsc1. The third-order valence-electron chi connectivity index (χ3n) is 1.77. The monoisotopic (exact) mass is 246 g/mol. The van der Waals surface area contributed by atoms with Crippen molar-refractivity contribution in [2.75, 3.05) is 0 Å². The summed E-state index contributed by atoms with van der Waals surface area (Å²) < 4.78 is 13.8. The molecule has 0 aromatic carbocycles. The molecule has 2 rings (SSSR count). The molecule has 0 aliphatic carbocycles. The molecule has 0 spiro atoms. The highest BCUT2D eigenvalue weighted by Gasteiger charge is 2.13. The third kappa shape index (κ3) is 1.62. The van der Waals surface area contributed by atoms with Gasteiger partial charge in [-0.1, -0.05) is 11.6 Å². The highest BCUT2D eigenvalue weighted by molar-refractivity contribution is 7.08. The Morgan fingerprint density at radius 2 is 2.20 bits per heavy atom. The fraction of sp³-hybridized carbons (Fsp3) is 0. The van der Waals surface area contributed by atoms with E-state index in [0.29, 0.717) is 10.3 Å². The molecule has 0 amide bonds. The minimum Gasteiger partial charge on any atom is -0.295 e. The van der Waals surface area contributed by atoms with E-state index < -0.39 is 22.2 Å². The van der Waals surface area contributed by atoms with Gasteiger partial charge in [0.2, 0.25) is 5.82 Å². The second-order valence-corrected chi connectivity index (χ2v) is 3.84. The van der Waals surface area contributed by atoms with Crippen molar-refractivity contribution in [3.63, 3.8) is 0 Å². The van der Waals surface area contributed by atoms with E-state index in [1.807, 2.05) is 4.98 Å². The summed E-state index contributed by atoms with van der Waals surface area (Å²) in [5, 5.41) is 2.66. The van der Waals surface area contributed by atoms with Gasteiger partial charge in [0.25, 0.3) is 5.56 Å². The van der Waals surface area contributed by atoms with Crippen molar-refractivity contribution < 1.29 is 4.39 Å². The predicted molar refractivity (Wildman–Crippen MR) is 55.5 cm³/mol. The average Bonchev–Trinajstić information content (AvgIpc) is 2.68. The van der Waals surface area contributed by atoms with Gasteiger partial charge in [-0.25, -0.2) is 9.36 Å². The van der Waals surface area contributed by atoms with Crippen LogP contribution < -0.4 is 11.2 Å². The zero-order chi connectivity index (χ0) is 11.0. The maximum absolute atomic E-state index is 13.1. The first kappa shape index (κ1) is 10.1. The van der Waals surface area contributed by atoms with E-state index in [2.05, 4.69) is 0 Å². The topological polar surface area (TPSA) is 54.9 Å². The zero-order valence-electron chi connectivity index (χ0n) is 7.16. The Bertz CT molecular complexity index is 602. The molecule has 4 nitrogen and oxygen atoms in total. The summed E-state index contributed by atoms with van der Waals surface area (Å²) in [6.07, 6.45) is 0. The maximum atomic E-state index is 13.1. The standard InChI is InChI=1S/C8H4ClFN2O2S/c9-6-5(10)7(13)12(8(14)11-6)4-1-2-15-3-4/h1-3H,(H,11,14). The summed E-state index contributed by atoms with van der Waals surface area (Å²) in [5.41, 5.74) is -1.49. The van der Waals surface area contributed by atoms with Gasteiger partial charge in [0.05, 0.1) is 5.69 Å². The molecule has 0 aliphatic heterocycles. The predicted octanol–water partition coefficient (Wildman–Crippen LogP) is 1.38.